The number of aromatic nitrogens is 2. The molecule has 24 heavy (non-hydrogen) atoms. The molecule has 0 spiro atoms. The van der Waals surface area contributed by atoms with Crippen molar-refractivity contribution in [3.05, 3.63) is 45.3 Å². The number of amides is 1. The minimum absolute atomic E-state index is 0.0558. The zero-order chi connectivity index (χ0) is 17.1. The maximum absolute atomic E-state index is 11.9. The number of hydrogen-bond donors (Lipinski definition) is 1. The molecule has 0 aliphatic heterocycles. The molecule has 0 fully saturated rings. The van der Waals surface area contributed by atoms with Crippen molar-refractivity contribution >= 4 is 56.7 Å². The van der Waals surface area contributed by atoms with Gasteiger partial charge in [-0.2, -0.15) is 8.75 Å². The van der Waals surface area contributed by atoms with Crippen LogP contribution in [-0.4, -0.2) is 32.2 Å². The molecule has 0 saturated heterocycles. The van der Waals surface area contributed by atoms with Crippen LogP contribution < -0.4 is 5.32 Å². The Morgan fingerprint density at radius 2 is 2.08 bits per heavy atom. The lowest BCUT2D eigenvalue weighted by molar-refractivity contribution is -0.380. The summed E-state index contributed by atoms with van der Waals surface area (Å²) in [6, 6.07) is 7.63. The lowest BCUT2D eigenvalue weighted by Crippen LogP contribution is -2.20. The zero-order valence-electron chi connectivity index (χ0n) is 11.8. The van der Waals surface area contributed by atoms with E-state index in [-0.39, 0.29) is 9.88 Å². The van der Waals surface area contributed by atoms with E-state index in [0.717, 1.165) is 11.7 Å². The number of fused-ring (bicyclic) bond motifs is 1. The minimum atomic E-state index is -0.795. The number of hydrogen-bond acceptors (Lipinski definition) is 9. The molecule has 0 aliphatic carbocycles. The van der Waals surface area contributed by atoms with Crippen molar-refractivity contribution in [2.75, 3.05) is 11.9 Å². The normalized spacial score (nSPS) is 10.5. The van der Waals surface area contributed by atoms with Crippen LogP contribution in [0.5, 0.6) is 0 Å². The first kappa shape index (κ1) is 16.0. The number of rotatable bonds is 5. The van der Waals surface area contributed by atoms with Gasteiger partial charge >= 0.3 is 11.0 Å². The summed E-state index contributed by atoms with van der Waals surface area (Å²) in [7, 11) is 0. The Bertz CT molecular complexity index is 935. The van der Waals surface area contributed by atoms with Gasteiger partial charge < -0.3 is 10.1 Å². The lowest BCUT2D eigenvalue weighted by atomic mass is 10.2. The molecular formula is C13H8N4O5S2. The Labute approximate surface area is 142 Å². The van der Waals surface area contributed by atoms with E-state index in [1.807, 2.05) is 0 Å². The highest BCUT2D eigenvalue weighted by Gasteiger charge is 2.17. The van der Waals surface area contributed by atoms with Crippen molar-refractivity contribution in [1.82, 2.24) is 8.75 Å². The van der Waals surface area contributed by atoms with Gasteiger partial charge in [0, 0.05) is 6.07 Å². The van der Waals surface area contributed by atoms with Gasteiger partial charge in [0.25, 0.3) is 5.91 Å². The molecule has 1 aromatic carbocycles. The van der Waals surface area contributed by atoms with Gasteiger partial charge in [0.1, 0.15) is 15.9 Å². The van der Waals surface area contributed by atoms with Crippen LogP contribution in [0.3, 0.4) is 0 Å². The predicted octanol–water partition coefficient (Wildman–Crippen LogP) is 2.46. The average molecular weight is 364 g/mol. The van der Waals surface area contributed by atoms with E-state index in [4.69, 9.17) is 4.74 Å². The zero-order valence-corrected chi connectivity index (χ0v) is 13.4. The van der Waals surface area contributed by atoms with E-state index in [0.29, 0.717) is 28.1 Å². The van der Waals surface area contributed by atoms with E-state index in [2.05, 4.69) is 14.1 Å². The van der Waals surface area contributed by atoms with Crippen LogP contribution in [0.15, 0.2) is 30.3 Å². The van der Waals surface area contributed by atoms with E-state index in [1.165, 1.54) is 12.1 Å². The molecule has 1 N–H and O–H groups in total. The van der Waals surface area contributed by atoms with Crippen LogP contribution in [0, 0.1) is 10.1 Å². The molecule has 0 unspecified atom stereocenters. The second kappa shape index (κ2) is 6.68. The summed E-state index contributed by atoms with van der Waals surface area (Å²) in [5.74, 6) is -1.34. The second-order valence-corrected chi connectivity index (χ2v) is 6.05. The van der Waals surface area contributed by atoms with Crippen molar-refractivity contribution < 1.29 is 19.2 Å². The molecular weight excluding hydrogens is 356 g/mol. The molecule has 122 valence electrons. The summed E-state index contributed by atoms with van der Waals surface area (Å²) in [5.41, 5.74) is 1.67. The first-order chi connectivity index (χ1) is 11.5. The van der Waals surface area contributed by atoms with Gasteiger partial charge in [-0.15, -0.1) is 0 Å². The lowest BCUT2D eigenvalue weighted by Gasteiger charge is -2.06. The molecule has 0 atom stereocenters. The monoisotopic (exact) mass is 364 g/mol. The number of esters is 1. The number of ether oxygens (including phenoxy) is 1. The number of thiophene rings is 1. The Hall–Kier alpha value is -2.92. The second-order valence-electron chi connectivity index (χ2n) is 4.46. The number of anilines is 1. The summed E-state index contributed by atoms with van der Waals surface area (Å²) in [6.07, 6.45) is 0. The Morgan fingerprint density at radius 3 is 2.83 bits per heavy atom. The molecule has 0 saturated carbocycles. The maximum Gasteiger partial charge on any atom is 0.349 e. The highest BCUT2D eigenvalue weighted by Crippen LogP contribution is 2.24. The van der Waals surface area contributed by atoms with Gasteiger partial charge in [-0.3, -0.25) is 14.9 Å². The van der Waals surface area contributed by atoms with Crippen LogP contribution in [0.4, 0.5) is 10.7 Å². The van der Waals surface area contributed by atoms with Crippen LogP contribution in [0.25, 0.3) is 11.0 Å². The molecule has 0 radical (unpaired) electrons. The minimum Gasteiger partial charge on any atom is -0.451 e. The van der Waals surface area contributed by atoms with E-state index >= 15 is 0 Å². The summed E-state index contributed by atoms with van der Waals surface area (Å²) in [4.78, 5) is 33.7. The molecule has 0 aliphatic rings. The Kier molecular flexibility index (Phi) is 4.44. The van der Waals surface area contributed by atoms with Crippen molar-refractivity contribution in [1.29, 1.82) is 0 Å². The van der Waals surface area contributed by atoms with Crippen molar-refractivity contribution in [2.24, 2.45) is 0 Å². The van der Waals surface area contributed by atoms with Gasteiger partial charge in [-0.1, -0.05) is 17.4 Å². The standard InChI is InChI=1S/C13H8N4O5S2/c18-10(14-7-2-1-3-8-12(7)16-24-15-8)6-22-13(19)9-4-5-11(23-9)17(20)21/h1-5H,6H2,(H,14,18). The molecule has 11 heteroatoms. The van der Waals surface area contributed by atoms with Crippen LogP contribution >= 0.6 is 23.1 Å². The van der Waals surface area contributed by atoms with E-state index in [1.54, 1.807) is 18.2 Å². The quantitative estimate of drug-likeness (QED) is 0.419. The third kappa shape index (κ3) is 3.36. The first-order valence-electron chi connectivity index (χ1n) is 6.47. The Morgan fingerprint density at radius 1 is 1.25 bits per heavy atom. The largest absolute Gasteiger partial charge is 0.451 e. The highest BCUT2D eigenvalue weighted by atomic mass is 32.1. The third-order valence-electron chi connectivity index (χ3n) is 2.87. The van der Waals surface area contributed by atoms with Gasteiger partial charge in [0.05, 0.1) is 22.3 Å². The number of nitro groups is 1. The van der Waals surface area contributed by atoms with Gasteiger partial charge in [-0.25, -0.2) is 4.79 Å². The topological polar surface area (TPSA) is 124 Å². The summed E-state index contributed by atoms with van der Waals surface area (Å²) < 4.78 is 13.0. The van der Waals surface area contributed by atoms with Crippen molar-refractivity contribution in [3.8, 4) is 0 Å². The van der Waals surface area contributed by atoms with E-state index < -0.39 is 23.4 Å². The van der Waals surface area contributed by atoms with Gasteiger partial charge in [0.15, 0.2) is 6.61 Å². The van der Waals surface area contributed by atoms with Gasteiger partial charge in [0.2, 0.25) is 0 Å². The van der Waals surface area contributed by atoms with Crippen LogP contribution in [0.1, 0.15) is 9.67 Å². The number of carbonyl (C=O) groups excluding carboxylic acids is 2. The van der Waals surface area contributed by atoms with E-state index in [9.17, 15) is 19.7 Å². The highest BCUT2D eigenvalue weighted by molar-refractivity contribution is 7.17. The SMILES string of the molecule is O=C(COC(=O)c1ccc([N+](=O)[O-])s1)Nc1cccc2nsnc12. The molecule has 2 heterocycles. The summed E-state index contributed by atoms with van der Waals surface area (Å²) in [6.45, 7) is -0.515. The maximum atomic E-state index is 11.9. The van der Waals surface area contributed by atoms with Crippen LogP contribution in [0.2, 0.25) is 0 Å². The number of carbonyl (C=O) groups is 2. The molecule has 0 bridgehead atoms. The Balaban J connectivity index is 1.60. The third-order valence-corrected chi connectivity index (χ3v) is 4.43. The van der Waals surface area contributed by atoms with Crippen LogP contribution in [-0.2, 0) is 9.53 Å². The van der Waals surface area contributed by atoms with Crippen molar-refractivity contribution in [2.45, 2.75) is 0 Å². The summed E-state index contributed by atoms with van der Waals surface area (Å²) >= 11 is 1.71. The molecule has 2 aromatic heterocycles. The average Bonchev–Trinajstić information content (AvgIpc) is 3.22. The fraction of sp³-hybridized carbons (Fsp3) is 0.0769. The predicted molar refractivity (Wildman–Crippen MR) is 87.3 cm³/mol. The molecule has 3 rings (SSSR count). The van der Waals surface area contributed by atoms with Gasteiger partial charge in [-0.05, 0) is 18.2 Å². The van der Waals surface area contributed by atoms with Crippen molar-refractivity contribution in [3.63, 3.8) is 0 Å². The summed E-state index contributed by atoms with van der Waals surface area (Å²) in [5, 5.41) is 13.0. The first-order valence-corrected chi connectivity index (χ1v) is 8.02. The molecule has 3 aromatic rings. The number of nitrogens with zero attached hydrogens (tertiary/aromatic N) is 3. The smallest absolute Gasteiger partial charge is 0.349 e. The molecule has 1 amide bonds. The fourth-order valence-corrected chi connectivity index (χ4v) is 3.09. The fourth-order valence-electron chi connectivity index (χ4n) is 1.83. The number of benzene rings is 1. The molecule has 9 nitrogen and oxygen atoms in total. The number of nitrogens with one attached hydrogen (secondary N) is 1.